The van der Waals surface area contributed by atoms with E-state index in [4.69, 9.17) is 4.74 Å². The van der Waals surface area contributed by atoms with Gasteiger partial charge in [0.15, 0.2) is 6.10 Å². The number of hydrogen-bond acceptors (Lipinski definition) is 2. The van der Waals surface area contributed by atoms with Gasteiger partial charge in [-0.25, -0.2) is 0 Å². The van der Waals surface area contributed by atoms with Gasteiger partial charge in [0.1, 0.15) is 5.75 Å². The Morgan fingerprint density at radius 1 is 0.963 bits per heavy atom. The van der Waals surface area contributed by atoms with E-state index in [1.54, 1.807) is 0 Å². The first-order valence-electron chi connectivity index (χ1n) is 9.48. The second kappa shape index (κ2) is 8.26. The Labute approximate surface area is 161 Å². The number of carbonyl (C=O) groups excluding carboxylic acids is 1. The third kappa shape index (κ3) is 5.10. The highest BCUT2D eigenvalue weighted by Gasteiger charge is 2.26. The van der Waals surface area contributed by atoms with E-state index in [9.17, 15) is 4.79 Å². The fourth-order valence-electron chi connectivity index (χ4n) is 3.29. The van der Waals surface area contributed by atoms with Gasteiger partial charge in [-0.05, 0) is 55.2 Å². The predicted octanol–water partition coefficient (Wildman–Crippen LogP) is 5.13. The summed E-state index contributed by atoms with van der Waals surface area (Å²) < 4.78 is 6.02. The molecule has 1 amide bonds. The van der Waals surface area contributed by atoms with Gasteiger partial charge >= 0.3 is 0 Å². The van der Waals surface area contributed by atoms with E-state index in [-0.39, 0.29) is 11.4 Å². The summed E-state index contributed by atoms with van der Waals surface area (Å²) >= 11 is 0. The molecule has 1 atom stereocenters. The molecule has 0 heterocycles. The van der Waals surface area contributed by atoms with E-state index < -0.39 is 6.10 Å². The number of hydrogen-bond donors (Lipinski definition) is 1. The number of amides is 1. The third-order valence-electron chi connectivity index (χ3n) is 4.61. The van der Waals surface area contributed by atoms with Crippen LogP contribution in [0.2, 0.25) is 0 Å². The predicted molar refractivity (Wildman–Crippen MR) is 111 cm³/mol. The van der Waals surface area contributed by atoms with Crippen LogP contribution < -0.4 is 10.1 Å². The molecule has 0 aliphatic rings. The van der Waals surface area contributed by atoms with Crippen molar-refractivity contribution < 1.29 is 9.53 Å². The van der Waals surface area contributed by atoms with Crippen LogP contribution in [0.1, 0.15) is 32.8 Å². The summed E-state index contributed by atoms with van der Waals surface area (Å²) in [6, 6.07) is 24.3. The fourth-order valence-corrected chi connectivity index (χ4v) is 3.29. The van der Waals surface area contributed by atoms with E-state index in [0.717, 1.165) is 22.9 Å². The van der Waals surface area contributed by atoms with E-state index in [2.05, 4.69) is 23.5 Å². The molecule has 0 aliphatic heterocycles. The Morgan fingerprint density at radius 3 is 2.33 bits per heavy atom. The monoisotopic (exact) mass is 361 g/mol. The Kier molecular flexibility index (Phi) is 5.80. The van der Waals surface area contributed by atoms with Crippen molar-refractivity contribution in [1.29, 1.82) is 0 Å². The topological polar surface area (TPSA) is 38.3 Å². The highest BCUT2D eigenvalue weighted by atomic mass is 16.5. The largest absolute Gasteiger partial charge is 0.481 e. The van der Waals surface area contributed by atoms with Crippen LogP contribution >= 0.6 is 0 Å². The standard InChI is InChI=1S/C24H27NO2/c1-4-22(27-21-15-14-19-12-8-9-13-20(19)16-21)23(26)25-24(2,3)17-18-10-6-5-7-11-18/h5-16,22H,4,17H2,1-3H3,(H,25,26)/t22-/m0/s1. The molecule has 3 rings (SSSR count). The third-order valence-corrected chi connectivity index (χ3v) is 4.61. The van der Waals surface area contributed by atoms with E-state index in [0.29, 0.717) is 6.42 Å². The SMILES string of the molecule is CC[C@H](Oc1ccc2ccccc2c1)C(=O)NC(C)(C)Cc1ccccc1. The molecule has 0 radical (unpaired) electrons. The first-order valence-corrected chi connectivity index (χ1v) is 9.48. The molecule has 27 heavy (non-hydrogen) atoms. The van der Waals surface area contributed by atoms with Crippen molar-refractivity contribution in [2.75, 3.05) is 0 Å². The summed E-state index contributed by atoms with van der Waals surface area (Å²) in [5.74, 6) is 0.642. The smallest absolute Gasteiger partial charge is 0.261 e. The lowest BCUT2D eigenvalue weighted by molar-refractivity contribution is -0.129. The van der Waals surface area contributed by atoms with Gasteiger partial charge in [-0.2, -0.15) is 0 Å². The van der Waals surface area contributed by atoms with Gasteiger partial charge in [0.2, 0.25) is 0 Å². The minimum atomic E-state index is -0.513. The molecule has 0 aliphatic carbocycles. The average Bonchev–Trinajstić information content (AvgIpc) is 2.65. The maximum absolute atomic E-state index is 12.8. The van der Waals surface area contributed by atoms with Crippen LogP contribution in [0.15, 0.2) is 72.8 Å². The second-order valence-electron chi connectivity index (χ2n) is 7.56. The van der Waals surface area contributed by atoms with Crippen molar-refractivity contribution in [2.24, 2.45) is 0 Å². The number of nitrogens with one attached hydrogen (secondary N) is 1. The molecular weight excluding hydrogens is 334 g/mol. The molecule has 3 aromatic rings. The summed E-state index contributed by atoms with van der Waals surface area (Å²) in [6.07, 6.45) is 0.868. The Balaban J connectivity index is 1.67. The highest BCUT2D eigenvalue weighted by molar-refractivity contribution is 5.84. The molecule has 0 bridgehead atoms. The average molecular weight is 361 g/mol. The molecule has 3 aromatic carbocycles. The Bertz CT molecular complexity index is 902. The lowest BCUT2D eigenvalue weighted by Crippen LogP contribution is -2.50. The number of benzene rings is 3. The molecule has 0 aromatic heterocycles. The lowest BCUT2D eigenvalue weighted by atomic mass is 9.94. The van der Waals surface area contributed by atoms with Crippen LogP contribution in [0.25, 0.3) is 10.8 Å². The van der Waals surface area contributed by atoms with Gasteiger partial charge in [-0.1, -0.05) is 67.6 Å². The molecule has 0 fully saturated rings. The molecular formula is C24H27NO2. The van der Waals surface area contributed by atoms with Crippen molar-refractivity contribution in [3.05, 3.63) is 78.4 Å². The van der Waals surface area contributed by atoms with Gasteiger partial charge < -0.3 is 10.1 Å². The zero-order valence-electron chi connectivity index (χ0n) is 16.2. The van der Waals surface area contributed by atoms with Crippen molar-refractivity contribution >= 4 is 16.7 Å². The van der Waals surface area contributed by atoms with Crippen LogP contribution in [0, 0.1) is 0 Å². The zero-order valence-corrected chi connectivity index (χ0v) is 16.2. The Morgan fingerprint density at radius 2 is 1.63 bits per heavy atom. The summed E-state index contributed by atoms with van der Waals surface area (Å²) in [5.41, 5.74) is 0.852. The molecule has 1 N–H and O–H groups in total. The highest BCUT2D eigenvalue weighted by Crippen LogP contribution is 2.22. The van der Waals surface area contributed by atoms with Crippen LogP contribution in [-0.2, 0) is 11.2 Å². The minimum absolute atomic E-state index is 0.0772. The summed E-state index contributed by atoms with van der Waals surface area (Å²) in [5, 5.41) is 5.41. The first kappa shape index (κ1) is 19.0. The minimum Gasteiger partial charge on any atom is -0.481 e. The molecule has 0 saturated carbocycles. The number of rotatable bonds is 7. The molecule has 3 nitrogen and oxygen atoms in total. The second-order valence-corrected chi connectivity index (χ2v) is 7.56. The van der Waals surface area contributed by atoms with Crippen molar-refractivity contribution in [1.82, 2.24) is 5.32 Å². The van der Waals surface area contributed by atoms with Crippen molar-refractivity contribution in [3.63, 3.8) is 0 Å². The maximum Gasteiger partial charge on any atom is 0.261 e. The van der Waals surface area contributed by atoms with Crippen molar-refractivity contribution in [3.8, 4) is 5.75 Å². The zero-order chi connectivity index (χ0) is 19.3. The number of carbonyl (C=O) groups is 1. The number of ether oxygens (including phenoxy) is 1. The fraction of sp³-hybridized carbons (Fsp3) is 0.292. The van der Waals surface area contributed by atoms with Gasteiger partial charge in [-0.3, -0.25) is 4.79 Å². The van der Waals surface area contributed by atoms with Crippen LogP contribution in [0.4, 0.5) is 0 Å². The molecule has 3 heteroatoms. The quantitative estimate of drug-likeness (QED) is 0.633. The lowest BCUT2D eigenvalue weighted by Gasteiger charge is -2.29. The number of fused-ring (bicyclic) bond motifs is 1. The first-order chi connectivity index (χ1) is 13.0. The Hall–Kier alpha value is -2.81. The van der Waals surface area contributed by atoms with Crippen molar-refractivity contribution in [2.45, 2.75) is 45.3 Å². The maximum atomic E-state index is 12.8. The molecule has 140 valence electrons. The van der Waals surface area contributed by atoms with Gasteiger partial charge in [-0.15, -0.1) is 0 Å². The summed E-state index contributed by atoms with van der Waals surface area (Å²) in [7, 11) is 0. The molecule has 0 saturated heterocycles. The van der Waals surface area contributed by atoms with Crippen LogP contribution in [-0.4, -0.2) is 17.6 Å². The van der Waals surface area contributed by atoms with E-state index in [1.165, 1.54) is 5.56 Å². The van der Waals surface area contributed by atoms with Gasteiger partial charge in [0.05, 0.1) is 0 Å². The van der Waals surface area contributed by atoms with Gasteiger partial charge in [0, 0.05) is 5.54 Å². The van der Waals surface area contributed by atoms with E-state index in [1.807, 2.05) is 75.4 Å². The molecule has 0 spiro atoms. The van der Waals surface area contributed by atoms with E-state index >= 15 is 0 Å². The van der Waals surface area contributed by atoms with Gasteiger partial charge in [0.25, 0.3) is 5.91 Å². The summed E-state index contributed by atoms with van der Waals surface area (Å²) in [4.78, 5) is 12.8. The van der Waals surface area contributed by atoms with Crippen LogP contribution in [0.3, 0.4) is 0 Å². The summed E-state index contributed by atoms with van der Waals surface area (Å²) in [6.45, 7) is 6.05. The normalized spacial score (nSPS) is 12.6. The van der Waals surface area contributed by atoms with Crippen LogP contribution in [0.5, 0.6) is 5.75 Å². The molecule has 0 unspecified atom stereocenters.